The van der Waals surface area contributed by atoms with Crippen molar-refractivity contribution in [2.75, 3.05) is 0 Å². The average Bonchev–Trinajstić information content (AvgIpc) is 3.35. The van der Waals surface area contributed by atoms with E-state index < -0.39 is 0 Å². The van der Waals surface area contributed by atoms with Gasteiger partial charge in [0.05, 0.1) is 17.0 Å². The maximum Gasteiger partial charge on any atom is 0.102 e. The van der Waals surface area contributed by atoms with Gasteiger partial charge in [-0.3, -0.25) is 0 Å². The first kappa shape index (κ1) is 22.3. The number of fused-ring (bicyclic) bond motifs is 2. The molecule has 0 aliphatic rings. The Balaban J connectivity index is 1.65. The van der Waals surface area contributed by atoms with Crippen LogP contribution in [0.4, 0.5) is 0 Å². The second-order valence-corrected chi connectivity index (χ2v) is 9.81. The van der Waals surface area contributed by atoms with Crippen LogP contribution in [0.1, 0.15) is 18.1 Å². The lowest BCUT2D eigenvalue weighted by molar-refractivity contribution is 1.14. The van der Waals surface area contributed by atoms with Crippen molar-refractivity contribution in [3.8, 4) is 39.7 Å². The molecule has 0 saturated heterocycles. The van der Waals surface area contributed by atoms with E-state index in [4.69, 9.17) is 4.98 Å². The highest BCUT2D eigenvalue weighted by Crippen LogP contribution is 2.38. The number of nitrogens with one attached hydrogen (secondary N) is 1. The first-order valence-electron chi connectivity index (χ1n) is 11.9. The fourth-order valence-electron chi connectivity index (χ4n) is 4.79. The number of benzene rings is 4. The highest BCUT2D eigenvalue weighted by atomic mass is 79.9. The third-order valence-corrected chi connectivity index (χ3v) is 7.24. The molecule has 0 bridgehead atoms. The molecule has 2 aromatic heterocycles. The van der Waals surface area contributed by atoms with E-state index >= 15 is 0 Å². The van der Waals surface area contributed by atoms with Crippen LogP contribution in [-0.2, 0) is 6.42 Å². The van der Waals surface area contributed by atoms with Crippen LogP contribution in [-0.4, -0.2) is 9.97 Å². The fraction of sp³-hybridized carbons (Fsp3) is 0.0625. The summed E-state index contributed by atoms with van der Waals surface area (Å²) < 4.78 is 0.982. The van der Waals surface area contributed by atoms with Gasteiger partial charge in [-0.1, -0.05) is 83.5 Å². The zero-order valence-corrected chi connectivity index (χ0v) is 21.3. The van der Waals surface area contributed by atoms with Gasteiger partial charge in [-0.25, -0.2) is 4.98 Å². The Hall–Kier alpha value is -4.20. The van der Waals surface area contributed by atoms with Gasteiger partial charge in [0.2, 0.25) is 0 Å². The van der Waals surface area contributed by atoms with Crippen LogP contribution < -0.4 is 0 Å². The number of aromatic nitrogens is 2. The molecule has 0 unspecified atom stereocenters. The minimum absolute atomic E-state index is 0.570. The number of hydrogen-bond acceptors (Lipinski definition) is 2. The van der Waals surface area contributed by atoms with Gasteiger partial charge < -0.3 is 4.98 Å². The van der Waals surface area contributed by atoms with Gasteiger partial charge in [0.25, 0.3) is 0 Å². The van der Waals surface area contributed by atoms with Crippen molar-refractivity contribution in [3.05, 3.63) is 113 Å². The number of halogens is 1. The predicted molar refractivity (Wildman–Crippen MR) is 152 cm³/mol. The van der Waals surface area contributed by atoms with E-state index in [-0.39, 0.29) is 0 Å². The van der Waals surface area contributed by atoms with Gasteiger partial charge >= 0.3 is 0 Å². The minimum atomic E-state index is 0.570. The molecule has 0 aliphatic heterocycles. The van der Waals surface area contributed by atoms with E-state index in [1.807, 2.05) is 30.5 Å². The topological polar surface area (TPSA) is 52.5 Å². The molecule has 1 N–H and O–H groups in total. The summed E-state index contributed by atoms with van der Waals surface area (Å²) in [6.07, 6.45) is 2.94. The van der Waals surface area contributed by atoms with Gasteiger partial charge in [-0.05, 0) is 58.7 Å². The number of nitrogens with zero attached hydrogens (tertiary/aromatic N) is 2. The van der Waals surface area contributed by atoms with Crippen molar-refractivity contribution >= 4 is 37.6 Å². The van der Waals surface area contributed by atoms with E-state index in [0.717, 1.165) is 55.1 Å². The molecule has 0 amide bonds. The van der Waals surface area contributed by atoms with Crippen LogP contribution in [0.25, 0.3) is 55.3 Å². The summed E-state index contributed by atoms with van der Waals surface area (Å²) in [4.78, 5) is 8.43. The molecule has 2 heterocycles. The molecule has 4 aromatic carbocycles. The third-order valence-electron chi connectivity index (χ3n) is 6.75. The molecule has 0 atom stereocenters. The van der Waals surface area contributed by atoms with Crippen LogP contribution in [0.5, 0.6) is 0 Å². The summed E-state index contributed by atoms with van der Waals surface area (Å²) in [5.74, 6) is 0. The second-order valence-electron chi connectivity index (χ2n) is 8.90. The van der Waals surface area contributed by atoms with Crippen molar-refractivity contribution in [2.45, 2.75) is 13.3 Å². The lowest BCUT2D eigenvalue weighted by Crippen LogP contribution is -1.97. The summed E-state index contributed by atoms with van der Waals surface area (Å²) in [7, 11) is 0. The van der Waals surface area contributed by atoms with Crippen LogP contribution in [0.3, 0.4) is 0 Å². The highest BCUT2D eigenvalue weighted by molar-refractivity contribution is 9.10. The maximum atomic E-state index is 10.4. The molecule has 3 nitrogen and oxygen atoms in total. The number of pyridine rings is 1. The largest absolute Gasteiger partial charge is 0.360 e. The second kappa shape index (κ2) is 9.11. The fourth-order valence-corrected chi connectivity index (χ4v) is 5.15. The van der Waals surface area contributed by atoms with Crippen LogP contribution in [0.15, 0.2) is 102 Å². The Morgan fingerprint density at radius 2 is 1.61 bits per heavy atom. The maximum absolute atomic E-state index is 10.4. The number of rotatable bonds is 4. The minimum Gasteiger partial charge on any atom is -0.360 e. The average molecular weight is 528 g/mol. The monoisotopic (exact) mass is 527 g/mol. The molecule has 0 spiro atoms. The lowest BCUT2D eigenvalue weighted by Gasteiger charge is -2.14. The van der Waals surface area contributed by atoms with Crippen molar-refractivity contribution < 1.29 is 0 Å². The molecule has 36 heavy (non-hydrogen) atoms. The molecular weight excluding hydrogens is 506 g/mol. The van der Waals surface area contributed by atoms with Crippen molar-refractivity contribution in [2.24, 2.45) is 0 Å². The highest BCUT2D eigenvalue weighted by Gasteiger charge is 2.19. The van der Waals surface area contributed by atoms with Gasteiger partial charge in [0.1, 0.15) is 6.07 Å². The molecule has 6 rings (SSSR count). The van der Waals surface area contributed by atoms with E-state index in [1.54, 1.807) is 0 Å². The molecule has 0 aliphatic carbocycles. The standard InChI is InChI=1S/C32H22BrN3/c1-2-20-7-9-22(10-8-20)31-17-26(24-12-11-21-5-3-4-6-23(21)15-24)28(18-34)32(36-31)29-19-35-30-14-13-25(33)16-27(29)30/h3-17,19,35H,2H2,1H3. The number of H-pyrrole nitrogens is 1. The van der Waals surface area contributed by atoms with Gasteiger partial charge in [-0.15, -0.1) is 0 Å². The summed E-state index contributed by atoms with van der Waals surface area (Å²) in [5, 5.41) is 13.8. The molecule has 0 radical (unpaired) electrons. The van der Waals surface area contributed by atoms with Crippen molar-refractivity contribution in [1.82, 2.24) is 9.97 Å². The third kappa shape index (κ3) is 3.88. The van der Waals surface area contributed by atoms with Crippen molar-refractivity contribution in [1.29, 1.82) is 5.26 Å². The molecule has 0 fully saturated rings. The quantitative estimate of drug-likeness (QED) is 0.248. The SMILES string of the molecule is CCc1ccc(-c2cc(-c3ccc4ccccc4c3)c(C#N)c(-c3c[nH]c4ccc(Br)cc34)n2)cc1. The number of aromatic amines is 1. The Kier molecular flexibility index (Phi) is 5.64. The van der Waals surface area contributed by atoms with Crippen LogP contribution in [0, 0.1) is 11.3 Å². The molecule has 172 valence electrons. The smallest absolute Gasteiger partial charge is 0.102 e. The first-order chi connectivity index (χ1) is 17.6. The summed E-state index contributed by atoms with van der Waals surface area (Å²) in [5.41, 5.74) is 8.21. The van der Waals surface area contributed by atoms with E-state index in [2.05, 4.69) is 101 Å². The van der Waals surface area contributed by atoms with Gasteiger partial charge in [0, 0.05) is 38.3 Å². The van der Waals surface area contributed by atoms with Gasteiger partial charge in [-0.2, -0.15) is 5.26 Å². The summed E-state index contributed by atoms with van der Waals surface area (Å²) >= 11 is 3.60. The van der Waals surface area contributed by atoms with Crippen LogP contribution in [0.2, 0.25) is 0 Å². The molecular formula is C32H22BrN3. The zero-order valence-electron chi connectivity index (χ0n) is 19.7. The first-order valence-corrected chi connectivity index (χ1v) is 12.7. The van der Waals surface area contributed by atoms with E-state index in [1.165, 1.54) is 10.9 Å². The number of nitriles is 1. The Labute approximate surface area is 218 Å². The molecule has 0 saturated carbocycles. The van der Waals surface area contributed by atoms with E-state index in [0.29, 0.717) is 11.3 Å². The summed E-state index contributed by atoms with van der Waals surface area (Å²) in [6, 6.07) is 33.8. The number of aryl methyl sites for hydroxylation is 1. The molecule has 6 aromatic rings. The van der Waals surface area contributed by atoms with Crippen molar-refractivity contribution in [3.63, 3.8) is 0 Å². The Morgan fingerprint density at radius 1 is 0.833 bits per heavy atom. The normalized spacial score (nSPS) is 11.1. The number of hydrogen-bond donors (Lipinski definition) is 1. The Bertz CT molecular complexity index is 1790. The summed E-state index contributed by atoms with van der Waals surface area (Å²) in [6.45, 7) is 2.15. The predicted octanol–water partition coefficient (Wildman–Crippen LogP) is 8.91. The zero-order chi connectivity index (χ0) is 24.6. The lowest BCUT2D eigenvalue weighted by atomic mass is 9.93. The Morgan fingerprint density at radius 3 is 2.39 bits per heavy atom. The molecule has 4 heteroatoms. The van der Waals surface area contributed by atoms with E-state index in [9.17, 15) is 5.26 Å². The van der Waals surface area contributed by atoms with Crippen LogP contribution >= 0.6 is 15.9 Å². The van der Waals surface area contributed by atoms with Gasteiger partial charge in [0.15, 0.2) is 0 Å².